The highest BCUT2D eigenvalue weighted by Crippen LogP contribution is 2.08. The summed E-state index contributed by atoms with van der Waals surface area (Å²) < 4.78 is 0. The maximum Gasteiger partial charge on any atom is 0.128 e. The number of nitrogens with two attached hydrogens (primary N) is 1. The lowest BCUT2D eigenvalue weighted by Crippen LogP contribution is -2.20. The van der Waals surface area contributed by atoms with E-state index in [1.807, 2.05) is 18.2 Å². The van der Waals surface area contributed by atoms with Crippen molar-refractivity contribution < 1.29 is 5.11 Å². The van der Waals surface area contributed by atoms with Crippen LogP contribution >= 0.6 is 0 Å². The van der Waals surface area contributed by atoms with Crippen LogP contribution in [0, 0.1) is 5.92 Å². The van der Waals surface area contributed by atoms with Gasteiger partial charge in [0.25, 0.3) is 0 Å². The molecule has 0 saturated carbocycles. The van der Waals surface area contributed by atoms with Crippen LogP contribution in [0.4, 0.5) is 0 Å². The van der Waals surface area contributed by atoms with E-state index in [0.717, 1.165) is 6.42 Å². The Kier molecular flexibility index (Phi) is 6.72. The summed E-state index contributed by atoms with van der Waals surface area (Å²) in [6, 6.07) is 0. The van der Waals surface area contributed by atoms with Crippen LogP contribution in [-0.4, -0.2) is 11.3 Å². The Morgan fingerprint density at radius 2 is 2.14 bits per heavy atom. The van der Waals surface area contributed by atoms with Crippen molar-refractivity contribution in [1.82, 2.24) is 0 Å². The lowest BCUT2D eigenvalue weighted by atomic mass is 10.0. The third-order valence-corrected chi connectivity index (χ3v) is 1.96. The van der Waals surface area contributed by atoms with Gasteiger partial charge in [0.2, 0.25) is 0 Å². The van der Waals surface area contributed by atoms with E-state index in [4.69, 9.17) is 5.73 Å². The summed E-state index contributed by atoms with van der Waals surface area (Å²) in [5.41, 5.74) is 6.01. The molecule has 0 rings (SSSR count). The molecule has 0 radical (unpaired) electrons. The molecule has 0 aliphatic carbocycles. The highest BCUT2D eigenvalue weighted by atomic mass is 16.3. The largest absolute Gasteiger partial charge is 0.375 e. The smallest absolute Gasteiger partial charge is 0.128 e. The zero-order chi connectivity index (χ0) is 11.0. The maximum atomic E-state index is 9.19. The Hall–Kier alpha value is -1.12. The lowest BCUT2D eigenvalue weighted by molar-refractivity contribution is 0.223. The number of allylic oxidation sites excluding steroid dienone is 4. The molecular formula is C12H19NO. The molecule has 0 spiro atoms. The molecule has 0 amide bonds. The number of hydrogen-bond donors (Lipinski definition) is 2. The molecule has 2 unspecified atom stereocenters. The number of rotatable bonds is 6. The van der Waals surface area contributed by atoms with Gasteiger partial charge >= 0.3 is 0 Å². The number of hydrogen-bond acceptors (Lipinski definition) is 2. The monoisotopic (exact) mass is 193 g/mol. The van der Waals surface area contributed by atoms with Gasteiger partial charge in [-0.05, 0) is 17.9 Å². The van der Waals surface area contributed by atoms with Gasteiger partial charge in [0, 0.05) is 0 Å². The second-order valence-electron chi connectivity index (χ2n) is 3.01. The first-order valence-corrected chi connectivity index (χ1v) is 4.72. The summed E-state index contributed by atoms with van der Waals surface area (Å²) >= 11 is 0. The van der Waals surface area contributed by atoms with Crippen LogP contribution < -0.4 is 5.73 Å². The van der Waals surface area contributed by atoms with E-state index >= 15 is 0 Å². The molecule has 0 heterocycles. The molecule has 0 aliphatic rings. The van der Waals surface area contributed by atoms with E-state index in [0.29, 0.717) is 11.5 Å². The molecular weight excluding hydrogens is 174 g/mol. The summed E-state index contributed by atoms with van der Waals surface area (Å²) in [5.74, 6) is 0.321. The third-order valence-electron chi connectivity index (χ3n) is 1.96. The van der Waals surface area contributed by atoms with Gasteiger partial charge in [-0.15, -0.1) is 6.58 Å². The van der Waals surface area contributed by atoms with Crippen LogP contribution in [0.1, 0.15) is 13.3 Å². The Bertz CT molecular complexity index is 239. The van der Waals surface area contributed by atoms with Crippen LogP contribution in [-0.2, 0) is 0 Å². The van der Waals surface area contributed by atoms with E-state index in [-0.39, 0.29) is 0 Å². The quantitative estimate of drug-likeness (QED) is 0.386. The van der Waals surface area contributed by atoms with Gasteiger partial charge in [0.1, 0.15) is 6.23 Å². The molecule has 3 N–H and O–H groups in total. The van der Waals surface area contributed by atoms with Crippen molar-refractivity contribution in [3.8, 4) is 0 Å². The minimum atomic E-state index is -0.952. The van der Waals surface area contributed by atoms with E-state index in [2.05, 4.69) is 20.1 Å². The van der Waals surface area contributed by atoms with Gasteiger partial charge in [-0.25, -0.2) is 0 Å². The van der Waals surface area contributed by atoms with Crippen LogP contribution in [0.3, 0.4) is 0 Å². The minimum Gasteiger partial charge on any atom is -0.375 e. The summed E-state index contributed by atoms with van der Waals surface area (Å²) in [4.78, 5) is 0. The molecule has 0 aromatic rings. The fourth-order valence-corrected chi connectivity index (χ4v) is 1.00. The minimum absolute atomic E-state index is 0.321. The second-order valence-corrected chi connectivity index (χ2v) is 3.01. The topological polar surface area (TPSA) is 46.2 Å². The van der Waals surface area contributed by atoms with Crippen molar-refractivity contribution in [2.45, 2.75) is 19.6 Å². The van der Waals surface area contributed by atoms with Crippen LogP contribution in [0.5, 0.6) is 0 Å². The van der Waals surface area contributed by atoms with Crippen LogP contribution in [0.2, 0.25) is 0 Å². The first-order valence-electron chi connectivity index (χ1n) is 4.72. The van der Waals surface area contributed by atoms with E-state index in [9.17, 15) is 5.11 Å². The van der Waals surface area contributed by atoms with Crippen LogP contribution in [0.15, 0.2) is 49.1 Å². The standard InChI is InChI=1S/C12H19NO/c1-4-7-11(12(13)14)9-8-10(5-2)6-3/h4-5,7-10,12,14H,1-2,6,13H2,3H3/b9-8-,11-7+. The van der Waals surface area contributed by atoms with Crippen molar-refractivity contribution in [3.05, 3.63) is 49.1 Å². The van der Waals surface area contributed by atoms with E-state index < -0.39 is 6.23 Å². The van der Waals surface area contributed by atoms with E-state index in [1.54, 1.807) is 12.2 Å². The average molecular weight is 193 g/mol. The summed E-state index contributed by atoms with van der Waals surface area (Å²) in [5, 5.41) is 9.19. The Balaban J connectivity index is 4.50. The van der Waals surface area contributed by atoms with Crippen molar-refractivity contribution in [2.75, 3.05) is 0 Å². The maximum absolute atomic E-state index is 9.19. The SMILES string of the molecule is C=C/C=C(\C=C/C(C=C)CC)C(N)O. The van der Waals surface area contributed by atoms with Gasteiger partial charge in [-0.2, -0.15) is 0 Å². The first kappa shape index (κ1) is 12.9. The highest BCUT2D eigenvalue weighted by molar-refractivity contribution is 5.26. The number of aliphatic hydroxyl groups excluding tert-OH is 1. The normalized spacial score (nSPS) is 16.6. The zero-order valence-corrected chi connectivity index (χ0v) is 8.69. The number of aliphatic hydroxyl groups is 1. The van der Waals surface area contributed by atoms with Crippen molar-refractivity contribution in [3.63, 3.8) is 0 Å². The molecule has 0 aromatic carbocycles. The molecule has 2 heteroatoms. The Morgan fingerprint density at radius 3 is 2.50 bits per heavy atom. The summed E-state index contributed by atoms with van der Waals surface area (Å²) in [6.45, 7) is 9.35. The molecule has 0 aromatic heterocycles. The molecule has 2 atom stereocenters. The third kappa shape index (κ3) is 4.80. The molecule has 2 nitrogen and oxygen atoms in total. The van der Waals surface area contributed by atoms with Gasteiger partial charge in [-0.3, -0.25) is 0 Å². The predicted molar refractivity (Wildman–Crippen MR) is 61.6 cm³/mol. The van der Waals surface area contributed by atoms with Gasteiger partial charge in [-0.1, -0.05) is 43.9 Å². The Labute approximate surface area is 86.1 Å². The first-order chi connectivity index (χ1) is 6.65. The van der Waals surface area contributed by atoms with Gasteiger partial charge < -0.3 is 10.8 Å². The summed E-state index contributed by atoms with van der Waals surface area (Å²) in [7, 11) is 0. The van der Waals surface area contributed by atoms with Crippen LogP contribution in [0.25, 0.3) is 0 Å². The van der Waals surface area contributed by atoms with Gasteiger partial charge in [0.15, 0.2) is 0 Å². The summed E-state index contributed by atoms with van der Waals surface area (Å²) in [6.07, 6.45) is 8.97. The predicted octanol–water partition coefficient (Wildman–Crippen LogP) is 2.14. The molecule has 0 bridgehead atoms. The molecule has 0 saturated heterocycles. The zero-order valence-electron chi connectivity index (χ0n) is 8.69. The highest BCUT2D eigenvalue weighted by Gasteiger charge is 2.00. The fourth-order valence-electron chi connectivity index (χ4n) is 1.00. The average Bonchev–Trinajstić information content (AvgIpc) is 2.17. The second kappa shape index (κ2) is 7.30. The lowest BCUT2D eigenvalue weighted by Gasteiger charge is -2.06. The van der Waals surface area contributed by atoms with Gasteiger partial charge in [0.05, 0.1) is 0 Å². The van der Waals surface area contributed by atoms with E-state index in [1.165, 1.54) is 0 Å². The van der Waals surface area contributed by atoms with Crippen molar-refractivity contribution >= 4 is 0 Å². The molecule has 0 aliphatic heterocycles. The van der Waals surface area contributed by atoms with Crippen molar-refractivity contribution in [2.24, 2.45) is 11.7 Å². The fraction of sp³-hybridized carbons (Fsp3) is 0.333. The molecule has 14 heavy (non-hydrogen) atoms. The molecule has 78 valence electrons. The van der Waals surface area contributed by atoms with Crippen molar-refractivity contribution in [1.29, 1.82) is 0 Å². The Morgan fingerprint density at radius 1 is 1.50 bits per heavy atom. The molecule has 0 fully saturated rings.